The summed E-state index contributed by atoms with van der Waals surface area (Å²) >= 11 is 2.66. The van der Waals surface area contributed by atoms with E-state index in [9.17, 15) is 18.0 Å². The third-order valence-corrected chi connectivity index (χ3v) is 3.49. The third-order valence-electron chi connectivity index (χ3n) is 2.78. The zero-order valence-electron chi connectivity index (χ0n) is 12.0. The quantitative estimate of drug-likeness (QED) is 0.802. The highest BCUT2D eigenvalue weighted by atomic mass is 79.9. The molecule has 0 aromatic carbocycles. The fraction of sp³-hybridized carbons (Fsp3) is 0.462. The zero-order valence-corrected chi connectivity index (χ0v) is 13.6. The van der Waals surface area contributed by atoms with Gasteiger partial charge < -0.3 is 4.42 Å². The minimum absolute atomic E-state index is 0.0256. The van der Waals surface area contributed by atoms with Gasteiger partial charge in [0.15, 0.2) is 11.6 Å². The molecule has 0 unspecified atom stereocenters. The van der Waals surface area contributed by atoms with Crippen LogP contribution in [0.4, 0.5) is 13.2 Å². The van der Waals surface area contributed by atoms with Crippen LogP contribution in [-0.4, -0.2) is 14.5 Å². The maximum absolute atomic E-state index is 12.7. The van der Waals surface area contributed by atoms with Crippen LogP contribution in [0.1, 0.15) is 38.0 Å². The molecule has 2 aromatic rings. The number of hydrogen-bond donors (Lipinski definition) is 0. The molecule has 0 bridgehead atoms. The summed E-state index contributed by atoms with van der Waals surface area (Å²) in [6.45, 7) is 5.70. The molecule has 9 heteroatoms. The third kappa shape index (κ3) is 3.40. The van der Waals surface area contributed by atoms with Crippen molar-refractivity contribution >= 4 is 15.9 Å². The fourth-order valence-corrected chi connectivity index (χ4v) is 2.23. The van der Waals surface area contributed by atoms with Gasteiger partial charge in [0.25, 0.3) is 5.56 Å². The lowest BCUT2D eigenvalue weighted by atomic mass is 9.97. The van der Waals surface area contributed by atoms with E-state index in [2.05, 4.69) is 25.9 Å². The van der Waals surface area contributed by atoms with Crippen LogP contribution in [0.15, 0.2) is 26.3 Å². The Bertz CT molecular complexity index is 744. The summed E-state index contributed by atoms with van der Waals surface area (Å²) in [7, 11) is 0. The second-order valence-electron chi connectivity index (χ2n) is 5.73. The standard InChI is InChI=1S/C13H13BrF3N3O2/c1-12(2,3)11-19-7(5-22-11)4-20-6-18-9(13(15,16)17)8(14)10(20)21/h5-6H,4H2,1-3H3. The summed E-state index contributed by atoms with van der Waals surface area (Å²) in [4.78, 5) is 19.5. The molecule has 0 atom stereocenters. The van der Waals surface area contributed by atoms with Gasteiger partial charge in [-0.1, -0.05) is 20.8 Å². The van der Waals surface area contributed by atoms with Crippen molar-refractivity contribution in [3.8, 4) is 0 Å². The minimum atomic E-state index is -4.69. The van der Waals surface area contributed by atoms with Crippen LogP contribution in [-0.2, 0) is 18.1 Å². The number of halogens is 4. The Kier molecular flexibility index (Phi) is 4.20. The number of nitrogens with zero attached hydrogens (tertiary/aromatic N) is 3. The second-order valence-corrected chi connectivity index (χ2v) is 6.52. The number of rotatable bonds is 2. The van der Waals surface area contributed by atoms with Crippen molar-refractivity contribution in [3.05, 3.63) is 44.7 Å². The van der Waals surface area contributed by atoms with Gasteiger partial charge in [-0.05, 0) is 15.9 Å². The van der Waals surface area contributed by atoms with Crippen LogP contribution in [0.5, 0.6) is 0 Å². The summed E-state index contributed by atoms with van der Waals surface area (Å²) in [6, 6.07) is 0. The van der Waals surface area contributed by atoms with Gasteiger partial charge in [-0.15, -0.1) is 0 Å². The topological polar surface area (TPSA) is 60.9 Å². The van der Waals surface area contributed by atoms with E-state index < -0.39 is 21.9 Å². The Balaban J connectivity index is 2.34. The molecule has 22 heavy (non-hydrogen) atoms. The fourth-order valence-electron chi connectivity index (χ4n) is 1.67. The van der Waals surface area contributed by atoms with Gasteiger partial charge in [-0.3, -0.25) is 9.36 Å². The van der Waals surface area contributed by atoms with Crippen LogP contribution in [0, 0.1) is 0 Å². The maximum Gasteiger partial charge on any atom is 0.434 e. The molecule has 0 N–H and O–H groups in total. The molecule has 0 fully saturated rings. The molecule has 2 heterocycles. The van der Waals surface area contributed by atoms with Crippen LogP contribution in [0.3, 0.4) is 0 Å². The van der Waals surface area contributed by atoms with Gasteiger partial charge in [0.2, 0.25) is 0 Å². The number of alkyl halides is 3. The van der Waals surface area contributed by atoms with Crippen LogP contribution in [0.25, 0.3) is 0 Å². The van der Waals surface area contributed by atoms with E-state index >= 15 is 0 Å². The second kappa shape index (κ2) is 5.53. The summed E-state index contributed by atoms with van der Waals surface area (Å²) in [6.07, 6.45) is -2.47. The number of aromatic nitrogens is 3. The molecule has 0 radical (unpaired) electrons. The average Bonchev–Trinajstić information content (AvgIpc) is 2.82. The molecule has 0 aliphatic rings. The van der Waals surface area contributed by atoms with Crippen molar-refractivity contribution in [2.45, 2.75) is 38.9 Å². The number of oxazole rings is 1. The van der Waals surface area contributed by atoms with E-state index in [0.717, 1.165) is 10.9 Å². The Morgan fingerprint density at radius 2 is 1.95 bits per heavy atom. The van der Waals surface area contributed by atoms with Gasteiger partial charge in [0.1, 0.15) is 10.7 Å². The largest absolute Gasteiger partial charge is 0.448 e. The highest BCUT2D eigenvalue weighted by Gasteiger charge is 2.36. The summed E-state index contributed by atoms with van der Waals surface area (Å²) in [5.41, 5.74) is -1.95. The summed E-state index contributed by atoms with van der Waals surface area (Å²) in [5, 5.41) is 0. The van der Waals surface area contributed by atoms with Gasteiger partial charge in [0, 0.05) is 5.41 Å². The Morgan fingerprint density at radius 1 is 1.32 bits per heavy atom. The van der Waals surface area contributed by atoms with Crippen LogP contribution < -0.4 is 5.56 Å². The predicted octanol–water partition coefficient (Wildman–Crippen LogP) is 3.36. The molecule has 0 saturated carbocycles. The van der Waals surface area contributed by atoms with E-state index in [1.54, 1.807) is 0 Å². The maximum atomic E-state index is 12.7. The van der Waals surface area contributed by atoms with Gasteiger partial charge >= 0.3 is 6.18 Å². The summed E-state index contributed by atoms with van der Waals surface area (Å²) < 4.78 is 43.7. The lowest BCUT2D eigenvalue weighted by Crippen LogP contribution is -2.26. The molecule has 2 aromatic heterocycles. The first-order valence-electron chi connectivity index (χ1n) is 6.27. The highest BCUT2D eigenvalue weighted by Crippen LogP contribution is 2.31. The number of hydrogen-bond acceptors (Lipinski definition) is 4. The van der Waals surface area contributed by atoms with Gasteiger partial charge in [0.05, 0.1) is 18.6 Å². The molecule has 0 spiro atoms. The molecule has 0 saturated heterocycles. The van der Waals surface area contributed by atoms with Crippen molar-refractivity contribution in [1.29, 1.82) is 0 Å². The van der Waals surface area contributed by atoms with Gasteiger partial charge in [-0.2, -0.15) is 13.2 Å². The predicted molar refractivity (Wildman–Crippen MR) is 75.5 cm³/mol. The van der Waals surface area contributed by atoms with E-state index in [0.29, 0.717) is 11.6 Å². The lowest BCUT2D eigenvalue weighted by Gasteiger charge is -2.12. The Morgan fingerprint density at radius 3 is 2.45 bits per heavy atom. The highest BCUT2D eigenvalue weighted by molar-refractivity contribution is 9.10. The summed E-state index contributed by atoms with van der Waals surface area (Å²) in [5.74, 6) is 0.481. The van der Waals surface area contributed by atoms with Crippen LogP contribution in [0.2, 0.25) is 0 Å². The minimum Gasteiger partial charge on any atom is -0.448 e. The molecule has 5 nitrogen and oxygen atoms in total. The molecular formula is C13H13BrF3N3O2. The first-order valence-corrected chi connectivity index (χ1v) is 7.06. The van der Waals surface area contributed by atoms with Crippen molar-refractivity contribution in [3.63, 3.8) is 0 Å². The van der Waals surface area contributed by atoms with Crippen molar-refractivity contribution in [1.82, 2.24) is 14.5 Å². The average molecular weight is 380 g/mol. The Labute approximate surface area is 132 Å². The van der Waals surface area contributed by atoms with E-state index in [4.69, 9.17) is 4.42 Å². The first-order chi connectivity index (χ1) is 10.00. The van der Waals surface area contributed by atoms with E-state index in [1.807, 2.05) is 20.8 Å². The Hall–Kier alpha value is -1.64. The lowest BCUT2D eigenvalue weighted by molar-refractivity contribution is -0.142. The van der Waals surface area contributed by atoms with Gasteiger partial charge in [-0.25, -0.2) is 9.97 Å². The van der Waals surface area contributed by atoms with E-state index in [-0.39, 0.29) is 12.0 Å². The monoisotopic (exact) mass is 379 g/mol. The molecule has 0 aliphatic heterocycles. The zero-order chi connectivity index (χ0) is 16.7. The van der Waals surface area contributed by atoms with Crippen molar-refractivity contribution < 1.29 is 17.6 Å². The SMILES string of the molecule is CC(C)(C)c1nc(Cn2cnc(C(F)(F)F)c(Br)c2=O)co1. The normalized spacial score (nSPS) is 12.7. The molecule has 2 rings (SSSR count). The van der Waals surface area contributed by atoms with E-state index in [1.165, 1.54) is 6.26 Å². The van der Waals surface area contributed by atoms with Crippen LogP contribution >= 0.6 is 15.9 Å². The molecule has 0 aliphatic carbocycles. The van der Waals surface area contributed by atoms with Crippen molar-refractivity contribution in [2.75, 3.05) is 0 Å². The first kappa shape index (κ1) is 16.7. The molecule has 0 amide bonds. The molecule has 120 valence electrons. The van der Waals surface area contributed by atoms with Crippen molar-refractivity contribution in [2.24, 2.45) is 0 Å². The smallest absolute Gasteiger partial charge is 0.434 e. The molecular weight excluding hydrogens is 367 g/mol.